The summed E-state index contributed by atoms with van der Waals surface area (Å²) in [7, 11) is 2.14. The van der Waals surface area contributed by atoms with E-state index in [9.17, 15) is 4.79 Å². The second-order valence-electron chi connectivity index (χ2n) is 7.13. The highest BCUT2D eigenvalue weighted by molar-refractivity contribution is 9.10. The summed E-state index contributed by atoms with van der Waals surface area (Å²) in [4.78, 5) is 14.7. The fraction of sp³-hybridized carbons (Fsp3) is 0.409. The van der Waals surface area contributed by atoms with E-state index in [1.54, 1.807) is 18.2 Å². The zero-order valence-electron chi connectivity index (χ0n) is 16.5. The lowest BCUT2D eigenvalue weighted by Crippen LogP contribution is -2.38. The third-order valence-corrected chi connectivity index (χ3v) is 5.86. The molecule has 0 unspecified atom stereocenters. The lowest BCUT2D eigenvalue weighted by Gasteiger charge is -2.31. The molecule has 5 nitrogen and oxygen atoms in total. The van der Waals surface area contributed by atoms with Crippen LogP contribution in [0.4, 0.5) is 0 Å². The van der Waals surface area contributed by atoms with Crippen molar-refractivity contribution in [3.05, 3.63) is 63.1 Å². The molecule has 0 saturated carbocycles. The van der Waals surface area contributed by atoms with Crippen LogP contribution in [0.3, 0.4) is 0 Å². The van der Waals surface area contributed by atoms with Crippen molar-refractivity contribution in [3.8, 4) is 5.75 Å². The van der Waals surface area contributed by atoms with E-state index in [1.807, 2.05) is 24.3 Å². The van der Waals surface area contributed by atoms with Crippen LogP contribution in [0.1, 0.15) is 28.8 Å². The van der Waals surface area contributed by atoms with E-state index in [0.29, 0.717) is 29.8 Å². The molecule has 1 aliphatic heterocycles. The molecule has 2 aromatic rings. The Morgan fingerprint density at radius 1 is 1.28 bits per heavy atom. The maximum Gasteiger partial charge on any atom is 0.253 e. The summed E-state index contributed by atoms with van der Waals surface area (Å²) in [5.74, 6) is 0.603. The Kier molecular flexibility index (Phi) is 8.36. The summed E-state index contributed by atoms with van der Waals surface area (Å²) in [6.45, 7) is 3.58. The molecule has 29 heavy (non-hydrogen) atoms. The Hall–Kier alpha value is -1.60. The van der Waals surface area contributed by atoms with E-state index in [4.69, 9.17) is 21.1 Å². The molecule has 3 rings (SSSR count). The Morgan fingerprint density at radius 2 is 2.07 bits per heavy atom. The summed E-state index contributed by atoms with van der Waals surface area (Å²) in [6, 6.07) is 13.6. The van der Waals surface area contributed by atoms with Gasteiger partial charge in [-0.2, -0.15) is 0 Å². The Labute approximate surface area is 185 Å². The van der Waals surface area contributed by atoms with Crippen molar-refractivity contribution in [2.24, 2.45) is 0 Å². The first kappa shape index (κ1) is 22.1. The number of nitrogens with zero attached hydrogens (tertiary/aromatic N) is 1. The molecule has 156 valence electrons. The first-order valence-corrected chi connectivity index (χ1v) is 10.9. The van der Waals surface area contributed by atoms with Gasteiger partial charge in [-0.1, -0.05) is 39.7 Å². The smallest absolute Gasteiger partial charge is 0.253 e. The molecule has 1 fully saturated rings. The zero-order chi connectivity index (χ0) is 20.6. The molecule has 7 heteroatoms. The van der Waals surface area contributed by atoms with Gasteiger partial charge in [0, 0.05) is 36.8 Å². The summed E-state index contributed by atoms with van der Waals surface area (Å²) in [6.07, 6.45) is 2.15. The molecule has 0 aliphatic carbocycles. The van der Waals surface area contributed by atoms with Crippen LogP contribution in [0, 0.1) is 0 Å². The lowest BCUT2D eigenvalue weighted by atomic mass is 10.1. The number of carbonyl (C=O) groups is 1. The van der Waals surface area contributed by atoms with E-state index < -0.39 is 0 Å². The largest absolute Gasteiger partial charge is 0.492 e. The number of amides is 1. The maximum absolute atomic E-state index is 12.4. The number of carbonyl (C=O) groups excluding carboxylic acids is 1. The third kappa shape index (κ3) is 6.71. The molecule has 1 amide bonds. The molecule has 0 radical (unpaired) electrons. The number of ether oxygens (including phenoxy) is 2. The van der Waals surface area contributed by atoms with E-state index in [0.717, 1.165) is 48.4 Å². The molecule has 1 aliphatic rings. The van der Waals surface area contributed by atoms with Crippen molar-refractivity contribution in [1.82, 2.24) is 10.2 Å². The van der Waals surface area contributed by atoms with Gasteiger partial charge in [-0.15, -0.1) is 0 Å². The van der Waals surface area contributed by atoms with Crippen LogP contribution in [0.25, 0.3) is 0 Å². The van der Waals surface area contributed by atoms with Gasteiger partial charge in [0.2, 0.25) is 0 Å². The van der Waals surface area contributed by atoms with Crippen molar-refractivity contribution in [2.75, 3.05) is 33.4 Å². The van der Waals surface area contributed by atoms with Crippen LogP contribution >= 0.6 is 27.5 Å². The number of rotatable bonds is 8. The van der Waals surface area contributed by atoms with Crippen LogP contribution in [0.5, 0.6) is 5.75 Å². The molecule has 0 atom stereocenters. The van der Waals surface area contributed by atoms with E-state index in [-0.39, 0.29) is 5.91 Å². The highest BCUT2D eigenvalue weighted by Gasteiger charge is 2.18. The van der Waals surface area contributed by atoms with Crippen molar-refractivity contribution in [2.45, 2.75) is 25.4 Å². The quantitative estimate of drug-likeness (QED) is 0.602. The van der Waals surface area contributed by atoms with Crippen LogP contribution in [0.15, 0.2) is 46.9 Å². The number of benzene rings is 2. The minimum Gasteiger partial charge on any atom is -0.492 e. The second kappa shape index (κ2) is 11.0. The van der Waals surface area contributed by atoms with Crippen LogP contribution in [-0.4, -0.2) is 50.3 Å². The number of hydrogen-bond donors (Lipinski definition) is 1. The third-order valence-electron chi connectivity index (χ3n) is 5.05. The Balaban J connectivity index is 1.47. The lowest BCUT2D eigenvalue weighted by molar-refractivity contribution is 0.0392. The SMILES string of the molecule is CN(CCOc1cccc(CNC(=O)c2ccc(Br)cc2Cl)c1)C1CCOCC1. The first-order valence-electron chi connectivity index (χ1n) is 9.76. The highest BCUT2D eigenvalue weighted by atomic mass is 79.9. The van der Waals surface area contributed by atoms with Crippen LogP contribution in [0.2, 0.25) is 5.02 Å². The van der Waals surface area contributed by atoms with E-state index >= 15 is 0 Å². The van der Waals surface area contributed by atoms with E-state index in [1.165, 1.54) is 0 Å². The second-order valence-corrected chi connectivity index (χ2v) is 8.45. The zero-order valence-corrected chi connectivity index (χ0v) is 18.8. The number of hydrogen-bond acceptors (Lipinski definition) is 4. The molecule has 2 aromatic carbocycles. The molecule has 1 N–H and O–H groups in total. The van der Waals surface area contributed by atoms with Gasteiger partial charge in [0.05, 0.1) is 10.6 Å². The van der Waals surface area contributed by atoms with Gasteiger partial charge in [0.15, 0.2) is 0 Å². The average Bonchev–Trinajstić information content (AvgIpc) is 2.73. The molecular weight excluding hydrogens is 456 g/mol. The Bertz CT molecular complexity index is 827. The molecule has 0 bridgehead atoms. The van der Waals surface area contributed by atoms with Crippen molar-refractivity contribution in [3.63, 3.8) is 0 Å². The van der Waals surface area contributed by atoms with Gasteiger partial charge in [0.25, 0.3) is 5.91 Å². The Morgan fingerprint density at radius 3 is 2.83 bits per heavy atom. The fourth-order valence-corrected chi connectivity index (χ4v) is 4.07. The predicted octanol–water partition coefficient (Wildman–Crippen LogP) is 4.52. The highest BCUT2D eigenvalue weighted by Crippen LogP contribution is 2.21. The minimum absolute atomic E-state index is 0.202. The van der Waals surface area contributed by atoms with E-state index in [2.05, 4.69) is 33.2 Å². The molecular formula is C22H26BrClN2O3. The topological polar surface area (TPSA) is 50.8 Å². The number of halogens is 2. The van der Waals surface area contributed by atoms with Gasteiger partial charge in [0.1, 0.15) is 12.4 Å². The first-order chi connectivity index (χ1) is 14.0. The van der Waals surface area contributed by atoms with Crippen molar-refractivity contribution < 1.29 is 14.3 Å². The van der Waals surface area contributed by atoms with Crippen molar-refractivity contribution >= 4 is 33.4 Å². The summed E-state index contributed by atoms with van der Waals surface area (Å²) in [5, 5.41) is 3.32. The van der Waals surface area contributed by atoms with Gasteiger partial charge in [-0.05, 0) is 55.8 Å². The van der Waals surface area contributed by atoms with Gasteiger partial charge >= 0.3 is 0 Å². The minimum atomic E-state index is -0.202. The average molecular weight is 482 g/mol. The standard InChI is InChI=1S/C22H26BrClN2O3/c1-26(18-7-10-28-11-8-18)9-12-29-19-4-2-3-16(13-19)15-25-22(27)20-6-5-17(23)14-21(20)24/h2-6,13-14,18H,7-12,15H2,1H3,(H,25,27). The van der Waals surface area contributed by atoms with Crippen molar-refractivity contribution in [1.29, 1.82) is 0 Å². The summed E-state index contributed by atoms with van der Waals surface area (Å²) in [5.41, 5.74) is 1.43. The molecule has 1 heterocycles. The van der Waals surface area contributed by atoms with Crippen LogP contribution in [-0.2, 0) is 11.3 Å². The van der Waals surface area contributed by atoms with Gasteiger partial charge in [-0.3, -0.25) is 9.69 Å². The van der Waals surface area contributed by atoms with Crippen LogP contribution < -0.4 is 10.1 Å². The molecule has 0 aromatic heterocycles. The maximum atomic E-state index is 12.4. The normalized spacial score (nSPS) is 14.8. The summed E-state index contributed by atoms with van der Waals surface area (Å²) >= 11 is 9.49. The molecule has 1 saturated heterocycles. The summed E-state index contributed by atoms with van der Waals surface area (Å²) < 4.78 is 12.2. The van der Waals surface area contributed by atoms with Gasteiger partial charge in [-0.25, -0.2) is 0 Å². The van der Waals surface area contributed by atoms with Gasteiger partial charge < -0.3 is 14.8 Å². The number of likely N-dealkylation sites (N-methyl/N-ethyl adjacent to an activating group) is 1. The molecule has 0 spiro atoms. The predicted molar refractivity (Wildman–Crippen MR) is 119 cm³/mol. The fourth-order valence-electron chi connectivity index (χ4n) is 3.31. The monoisotopic (exact) mass is 480 g/mol. The number of nitrogens with one attached hydrogen (secondary N) is 1.